The summed E-state index contributed by atoms with van der Waals surface area (Å²) in [5.41, 5.74) is 0.680. The molecule has 2 aliphatic rings. The van der Waals surface area contributed by atoms with Crippen molar-refractivity contribution >= 4 is 17.5 Å². The second kappa shape index (κ2) is 7.09. The van der Waals surface area contributed by atoms with Crippen LogP contribution in [0, 0.1) is 5.41 Å². The van der Waals surface area contributed by atoms with Crippen LogP contribution >= 0.6 is 0 Å². The Balaban J connectivity index is 1.54. The van der Waals surface area contributed by atoms with Crippen molar-refractivity contribution < 1.29 is 27.5 Å². The second-order valence-electron chi connectivity index (χ2n) is 7.36. The van der Waals surface area contributed by atoms with E-state index in [1.54, 1.807) is 24.3 Å². The number of halogens is 3. The smallest absolute Gasteiger partial charge is 0.405 e. The summed E-state index contributed by atoms with van der Waals surface area (Å²) >= 11 is 0. The Kier molecular flexibility index (Phi) is 4.72. The van der Waals surface area contributed by atoms with Crippen molar-refractivity contribution in [1.82, 2.24) is 5.32 Å². The van der Waals surface area contributed by atoms with Crippen molar-refractivity contribution in [2.75, 3.05) is 24.6 Å². The van der Waals surface area contributed by atoms with Gasteiger partial charge in [-0.1, -0.05) is 36.4 Å². The van der Waals surface area contributed by atoms with Crippen LogP contribution in [0.15, 0.2) is 54.6 Å². The molecule has 0 aromatic heterocycles. The van der Waals surface area contributed by atoms with Gasteiger partial charge in [-0.25, -0.2) is 0 Å². The summed E-state index contributed by atoms with van der Waals surface area (Å²) < 4.78 is 43.0. The van der Waals surface area contributed by atoms with Crippen LogP contribution in [-0.4, -0.2) is 37.7 Å². The highest BCUT2D eigenvalue weighted by Gasteiger charge is 2.66. The monoisotopic (exact) mass is 404 g/mol. The molecular formula is C21H19F3N2O3. The lowest BCUT2D eigenvalue weighted by molar-refractivity contribution is -0.138. The molecule has 4 rings (SSSR count). The largest absolute Gasteiger partial charge is 0.492 e. The number of ether oxygens (including phenoxy) is 1. The summed E-state index contributed by atoms with van der Waals surface area (Å²) in [6, 6.07) is 16.3. The van der Waals surface area contributed by atoms with E-state index >= 15 is 0 Å². The van der Waals surface area contributed by atoms with Crippen molar-refractivity contribution in [3.8, 4) is 5.75 Å². The molecule has 5 nitrogen and oxygen atoms in total. The van der Waals surface area contributed by atoms with E-state index in [-0.39, 0.29) is 18.4 Å². The number of hydrogen-bond donors (Lipinski definition) is 1. The number of anilines is 1. The Labute approximate surface area is 165 Å². The summed E-state index contributed by atoms with van der Waals surface area (Å²) in [7, 11) is 0. The molecule has 0 radical (unpaired) electrons. The number of carbonyl (C=O) groups is 2. The minimum Gasteiger partial charge on any atom is -0.492 e. The van der Waals surface area contributed by atoms with Gasteiger partial charge < -0.3 is 15.0 Å². The van der Waals surface area contributed by atoms with Gasteiger partial charge in [0.25, 0.3) is 0 Å². The normalized spacial score (nSPS) is 22.5. The van der Waals surface area contributed by atoms with Gasteiger partial charge in [0.15, 0.2) is 0 Å². The maximum absolute atomic E-state index is 13.3. The maximum Gasteiger partial charge on any atom is 0.405 e. The zero-order valence-corrected chi connectivity index (χ0v) is 15.4. The lowest BCUT2D eigenvalue weighted by Crippen LogP contribution is -2.49. The predicted octanol–water partition coefficient (Wildman–Crippen LogP) is 3.26. The molecule has 1 aliphatic heterocycles. The highest BCUT2D eigenvalue weighted by molar-refractivity contribution is 6.07. The van der Waals surface area contributed by atoms with Crippen LogP contribution < -0.4 is 15.0 Å². The zero-order valence-electron chi connectivity index (χ0n) is 15.4. The number of carbonyl (C=O) groups excluding carboxylic acids is 2. The average molecular weight is 404 g/mol. The second-order valence-corrected chi connectivity index (χ2v) is 7.36. The number of rotatable bonds is 6. The molecular weight excluding hydrogens is 385 g/mol. The van der Waals surface area contributed by atoms with E-state index in [0.29, 0.717) is 17.9 Å². The zero-order chi connectivity index (χ0) is 20.6. The van der Waals surface area contributed by atoms with Crippen molar-refractivity contribution in [1.29, 1.82) is 0 Å². The highest BCUT2D eigenvalue weighted by atomic mass is 19.4. The van der Waals surface area contributed by atoms with E-state index in [4.69, 9.17) is 4.74 Å². The molecule has 0 spiro atoms. The third-order valence-corrected chi connectivity index (χ3v) is 5.38. The van der Waals surface area contributed by atoms with Gasteiger partial charge in [0, 0.05) is 11.6 Å². The molecule has 1 fully saturated rings. The summed E-state index contributed by atoms with van der Waals surface area (Å²) in [6.07, 6.45) is -3.93. The summed E-state index contributed by atoms with van der Waals surface area (Å²) in [5, 5.41) is 1.83. The van der Waals surface area contributed by atoms with E-state index in [9.17, 15) is 22.8 Å². The Bertz CT molecular complexity index is 932. The minimum atomic E-state index is -4.51. The number of amides is 2. The Morgan fingerprint density at radius 1 is 1.14 bits per heavy atom. The number of nitrogens with one attached hydrogen (secondary N) is 1. The molecule has 0 bridgehead atoms. The lowest BCUT2D eigenvalue weighted by atomic mass is 9.92. The third-order valence-electron chi connectivity index (χ3n) is 5.38. The summed E-state index contributed by atoms with van der Waals surface area (Å²) in [5.74, 6) is -0.541. The Morgan fingerprint density at radius 3 is 2.55 bits per heavy atom. The number of fused-ring (bicyclic) bond motifs is 3. The molecule has 1 aliphatic carbocycles. The number of para-hydroxylation sites is 2. The fourth-order valence-electron chi connectivity index (χ4n) is 3.86. The Hall–Kier alpha value is -3.03. The standard InChI is InChI=1S/C21H19F3N2O3/c22-21(23,24)12-25-18(27)11-26-17-9-5-4-8-15(17)16-10-20(16,19(26)28)13-29-14-6-2-1-3-7-14/h1-9,16H,10-13H2,(H,25,27)/t16-,20+/m0/s1. The van der Waals surface area contributed by atoms with Gasteiger partial charge in [-0.15, -0.1) is 0 Å². The van der Waals surface area contributed by atoms with Gasteiger partial charge >= 0.3 is 6.18 Å². The molecule has 1 heterocycles. The molecule has 2 amide bonds. The van der Waals surface area contributed by atoms with Crippen LogP contribution in [0.3, 0.4) is 0 Å². The van der Waals surface area contributed by atoms with Gasteiger partial charge in [0.05, 0.1) is 5.41 Å². The first-order valence-electron chi connectivity index (χ1n) is 9.22. The van der Waals surface area contributed by atoms with Crippen molar-refractivity contribution in [2.45, 2.75) is 18.5 Å². The Morgan fingerprint density at radius 2 is 1.83 bits per heavy atom. The number of alkyl halides is 3. The van der Waals surface area contributed by atoms with Crippen molar-refractivity contribution in [3.63, 3.8) is 0 Å². The molecule has 152 valence electrons. The topological polar surface area (TPSA) is 58.6 Å². The van der Waals surface area contributed by atoms with Crippen LogP contribution in [-0.2, 0) is 9.59 Å². The lowest BCUT2D eigenvalue weighted by Gasteiger charge is -2.33. The molecule has 0 unspecified atom stereocenters. The minimum absolute atomic E-state index is 0.0237. The molecule has 1 N–H and O–H groups in total. The predicted molar refractivity (Wildman–Crippen MR) is 99.6 cm³/mol. The van der Waals surface area contributed by atoms with Gasteiger partial charge in [-0.3, -0.25) is 9.59 Å². The third kappa shape index (κ3) is 3.79. The molecule has 1 saturated carbocycles. The number of nitrogens with zero attached hydrogens (tertiary/aromatic N) is 1. The summed E-state index contributed by atoms with van der Waals surface area (Å²) in [4.78, 5) is 26.6. The first kappa shape index (κ1) is 19.3. The molecule has 2 atom stereocenters. The van der Waals surface area contributed by atoms with Crippen LogP contribution in [0.4, 0.5) is 18.9 Å². The first-order chi connectivity index (χ1) is 13.8. The molecule has 2 aromatic rings. The first-order valence-corrected chi connectivity index (χ1v) is 9.22. The van der Waals surface area contributed by atoms with E-state index in [1.807, 2.05) is 35.6 Å². The van der Waals surface area contributed by atoms with Gasteiger partial charge in [0.2, 0.25) is 11.8 Å². The average Bonchev–Trinajstić information content (AvgIpc) is 3.45. The van der Waals surface area contributed by atoms with E-state index in [2.05, 4.69) is 0 Å². The SMILES string of the molecule is O=C(CN1C(=O)[C@@]2(COc3ccccc3)C[C@H]2c2ccccc21)NCC(F)(F)F. The van der Waals surface area contributed by atoms with Crippen molar-refractivity contribution in [3.05, 3.63) is 60.2 Å². The fraction of sp³-hybridized carbons (Fsp3) is 0.333. The number of benzene rings is 2. The molecule has 0 saturated heterocycles. The van der Waals surface area contributed by atoms with E-state index in [1.165, 1.54) is 4.90 Å². The molecule has 2 aromatic carbocycles. The van der Waals surface area contributed by atoms with Crippen LogP contribution in [0.5, 0.6) is 5.75 Å². The van der Waals surface area contributed by atoms with Gasteiger partial charge in [-0.2, -0.15) is 13.2 Å². The fourth-order valence-corrected chi connectivity index (χ4v) is 3.86. The van der Waals surface area contributed by atoms with Gasteiger partial charge in [0.1, 0.15) is 25.4 Å². The maximum atomic E-state index is 13.3. The summed E-state index contributed by atoms with van der Waals surface area (Å²) in [6.45, 7) is -1.75. The molecule has 8 heteroatoms. The highest BCUT2D eigenvalue weighted by Crippen LogP contribution is 2.65. The van der Waals surface area contributed by atoms with Crippen LogP contribution in [0.2, 0.25) is 0 Å². The van der Waals surface area contributed by atoms with E-state index in [0.717, 1.165) is 5.56 Å². The number of hydrogen-bond acceptors (Lipinski definition) is 3. The van der Waals surface area contributed by atoms with Gasteiger partial charge in [-0.05, 0) is 30.2 Å². The van der Waals surface area contributed by atoms with E-state index < -0.39 is 30.6 Å². The van der Waals surface area contributed by atoms with Crippen LogP contribution in [0.1, 0.15) is 17.9 Å². The van der Waals surface area contributed by atoms with Crippen molar-refractivity contribution in [2.24, 2.45) is 5.41 Å². The molecule has 29 heavy (non-hydrogen) atoms. The quantitative estimate of drug-likeness (QED) is 0.804. The van der Waals surface area contributed by atoms with Crippen LogP contribution in [0.25, 0.3) is 0 Å².